The van der Waals surface area contributed by atoms with E-state index in [0.29, 0.717) is 6.04 Å². The first-order valence-electron chi connectivity index (χ1n) is 9.13. The molecule has 0 saturated heterocycles. The van der Waals surface area contributed by atoms with E-state index in [0.717, 1.165) is 43.0 Å². The van der Waals surface area contributed by atoms with Crippen molar-refractivity contribution in [3.63, 3.8) is 0 Å². The van der Waals surface area contributed by atoms with Gasteiger partial charge in [-0.25, -0.2) is 0 Å². The molecule has 5 heteroatoms. The summed E-state index contributed by atoms with van der Waals surface area (Å²) in [4.78, 5) is 9.06. The molecule has 4 nitrogen and oxygen atoms in total. The first-order chi connectivity index (χ1) is 11.2. The standard InChI is InChI=1S/C19H32N4.HI/c1-4-20-19(22-14-12-17-7-5-6-13-21-17)23-18-10-8-16(9-11-18)15(2)3;/h5-7,13,15-16,18H,4,8-12,14H2,1-3H3,(H2,20,22,23);1H. The highest BCUT2D eigenvalue weighted by Gasteiger charge is 2.23. The van der Waals surface area contributed by atoms with Crippen LogP contribution in [0.25, 0.3) is 0 Å². The fourth-order valence-corrected chi connectivity index (χ4v) is 3.27. The van der Waals surface area contributed by atoms with Crippen molar-refractivity contribution in [2.75, 3.05) is 13.1 Å². The molecule has 136 valence electrons. The summed E-state index contributed by atoms with van der Waals surface area (Å²) in [7, 11) is 0. The van der Waals surface area contributed by atoms with Crippen molar-refractivity contribution in [3.8, 4) is 0 Å². The number of nitrogens with zero attached hydrogens (tertiary/aromatic N) is 2. The van der Waals surface area contributed by atoms with Crippen LogP contribution >= 0.6 is 24.0 Å². The van der Waals surface area contributed by atoms with Crippen LogP contribution in [0.15, 0.2) is 29.4 Å². The maximum atomic E-state index is 4.71. The van der Waals surface area contributed by atoms with Gasteiger partial charge in [0.1, 0.15) is 0 Å². The highest BCUT2D eigenvalue weighted by molar-refractivity contribution is 14.0. The zero-order valence-electron chi connectivity index (χ0n) is 15.3. The molecule has 0 aromatic carbocycles. The molecule has 1 aliphatic carbocycles. The lowest BCUT2D eigenvalue weighted by Gasteiger charge is -2.32. The van der Waals surface area contributed by atoms with Crippen LogP contribution in [0.2, 0.25) is 0 Å². The van der Waals surface area contributed by atoms with Crippen molar-refractivity contribution in [1.29, 1.82) is 0 Å². The van der Waals surface area contributed by atoms with E-state index >= 15 is 0 Å². The van der Waals surface area contributed by atoms with Crippen LogP contribution in [-0.2, 0) is 6.42 Å². The zero-order chi connectivity index (χ0) is 16.5. The third-order valence-corrected chi connectivity index (χ3v) is 4.76. The Morgan fingerprint density at radius 3 is 2.58 bits per heavy atom. The summed E-state index contributed by atoms with van der Waals surface area (Å²) in [5.41, 5.74) is 1.10. The molecule has 0 bridgehead atoms. The van der Waals surface area contributed by atoms with Gasteiger partial charge in [0.05, 0.1) is 0 Å². The molecule has 1 aromatic heterocycles. The summed E-state index contributed by atoms with van der Waals surface area (Å²) < 4.78 is 0. The molecule has 24 heavy (non-hydrogen) atoms. The fraction of sp³-hybridized carbons (Fsp3) is 0.684. The number of pyridine rings is 1. The van der Waals surface area contributed by atoms with Crippen molar-refractivity contribution in [2.24, 2.45) is 16.8 Å². The van der Waals surface area contributed by atoms with Gasteiger partial charge >= 0.3 is 0 Å². The molecule has 2 rings (SSSR count). The fourth-order valence-electron chi connectivity index (χ4n) is 3.27. The highest BCUT2D eigenvalue weighted by atomic mass is 127. The number of guanidine groups is 1. The summed E-state index contributed by atoms with van der Waals surface area (Å²) in [6, 6.07) is 6.61. The lowest BCUT2D eigenvalue weighted by Crippen LogP contribution is -2.45. The zero-order valence-corrected chi connectivity index (χ0v) is 17.6. The predicted molar refractivity (Wildman–Crippen MR) is 113 cm³/mol. The van der Waals surface area contributed by atoms with Gasteiger partial charge in [-0.2, -0.15) is 0 Å². The number of halogens is 1. The van der Waals surface area contributed by atoms with Crippen LogP contribution in [0.5, 0.6) is 0 Å². The summed E-state index contributed by atoms with van der Waals surface area (Å²) in [5.74, 6) is 2.67. The van der Waals surface area contributed by atoms with E-state index in [4.69, 9.17) is 4.99 Å². The number of aromatic nitrogens is 1. The maximum Gasteiger partial charge on any atom is 0.191 e. The van der Waals surface area contributed by atoms with Crippen molar-refractivity contribution in [2.45, 2.75) is 58.9 Å². The van der Waals surface area contributed by atoms with Crippen molar-refractivity contribution >= 4 is 29.9 Å². The average Bonchev–Trinajstić information content (AvgIpc) is 2.56. The van der Waals surface area contributed by atoms with Crippen LogP contribution in [-0.4, -0.2) is 30.1 Å². The SMILES string of the molecule is CCNC(=NCCc1ccccn1)NC1CCC(C(C)C)CC1.I. The van der Waals surface area contributed by atoms with Gasteiger partial charge in [0.25, 0.3) is 0 Å². The third kappa shape index (κ3) is 7.36. The Bertz CT molecular complexity index is 468. The van der Waals surface area contributed by atoms with E-state index in [1.165, 1.54) is 25.7 Å². The Labute approximate surface area is 164 Å². The van der Waals surface area contributed by atoms with Gasteiger partial charge in [-0.3, -0.25) is 9.98 Å². The monoisotopic (exact) mass is 444 g/mol. The quantitative estimate of drug-likeness (QED) is 0.396. The molecule has 1 heterocycles. The summed E-state index contributed by atoms with van der Waals surface area (Å²) in [6.45, 7) is 8.49. The molecule has 1 aromatic rings. The van der Waals surface area contributed by atoms with Crippen LogP contribution < -0.4 is 10.6 Å². The highest BCUT2D eigenvalue weighted by Crippen LogP contribution is 2.29. The molecule has 2 N–H and O–H groups in total. The molecule has 0 radical (unpaired) electrons. The average molecular weight is 444 g/mol. The number of hydrogen-bond donors (Lipinski definition) is 2. The van der Waals surface area contributed by atoms with Gasteiger partial charge in [-0.15, -0.1) is 24.0 Å². The van der Waals surface area contributed by atoms with Crippen LogP contribution in [0.1, 0.15) is 52.1 Å². The van der Waals surface area contributed by atoms with E-state index in [9.17, 15) is 0 Å². The van der Waals surface area contributed by atoms with Gasteiger partial charge in [0.2, 0.25) is 0 Å². The minimum absolute atomic E-state index is 0. The van der Waals surface area contributed by atoms with Crippen LogP contribution in [0.3, 0.4) is 0 Å². The Morgan fingerprint density at radius 1 is 1.25 bits per heavy atom. The van der Waals surface area contributed by atoms with Gasteiger partial charge < -0.3 is 10.6 Å². The first-order valence-corrected chi connectivity index (χ1v) is 9.13. The van der Waals surface area contributed by atoms with Crippen molar-refractivity contribution in [1.82, 2.24) is 15.6 Å². The Morgan fingerprint density at radius 2 is 2.00 bits per heavy atom. The van der Waals surface area contributed by atoms with E-state index in [1.54, 1.807) is 0 Å². The largest absolute Gasteiger partial charge is 0.357 e. The van der Waals surface area contributed by atoms with E-state index in [2.05, 4.69) is 42.5 Å². The second-order valence-corrected chi connectivity index (χ2v) is 6.83. The Balaban J connectivity index is 0.00000288. The van der Waals surface area contributed by atoms with Crippen molar-refractivity contribution in [3.05, 3.63) is 30.1 Å². The van der Waals surface area contributed by atoms with Crippen LogP contribution in [0, 0.1) is 11.8 Å². The normalized spacial score (nSPS) is 21.2. The molecule has 0 unspecified atom stereocenters. The molecule has 0 spiro atoms. The Hall–Kier alpha value is -0.850. The first kappa shape index (κ1) is 21.2. The number of hydrogen-bond acceptors (Lipinski definition) is 2. The number of nitrogens with one attached hydrogen (secondary N) is 2. The van der Waals surface area contributed by atoms with E-state index in [-0.39, 0.29) is 24.0 Å². The minimum Gasteiger partial charge on any atom is -0.357 e. The smallest absolute Gasteiger partial charge is 0.191 e. The second kappa shape index (κ2) is 11.7. The topological polar surface area (TPSA) is 49.3 Å². The summed E-state index contributed by atoms with van der Waals surface area (Å²) in [6.07, 6.45) is 7.92. The Kier molecular flexibility index (Phi) is 10.3. The minimum atomic E-state index is 0. The molecule has 1 aliphatic rings. The van der Waals surface area contributed by atoms with Crippen molar-refractivity contribution < 1.29 is 0 Å². The molecule has 1 fully saturated rings. The van der Waals surface area contributed by atoms with E-state index in [1.807, 2.05) is 18.3 Å². The number of rotatable bonds is 6. The lowest BCUT2D eigenvalue weighted by molar-refractivity contribution is 0.250. The molecular formula is C19H33IN4. The molecule has 0 amide bonds. The lowest BCUT2D eigenvalue weighted by atomic mass is 9.80. The predicted octanol–water partition coefficient (Wildman–Crippen LogP) is 4.01. The number of aliphatic imine (C=N–C) groups is 1. The van der Waals surface area contributed by atoms with Crippen LogP contribution in [0.4, 0.5) is 0 Å². The van der Waals surface area contributed by atoms with Gasteiger partial charge in [0.15, 0.2) is 5.96 Å². The third-order valence-electron chi connectivity index (χ3n) is 4.76. The van der Waals surface area contributed by atoms with E-state index < -0.39 is 0 Å². The molecule has 0 aliphatic heterocycles. The molecular weight excluding hydrogens is 411 g/mol. The van der Waals surface area contributed by atoms with Gasteiger partial charge in [-0.05, 0) is 56.6 Å². The maximum absolute atomic E-state index is 4.71. The summed E-state index contributed by atoms with van der Waals surface area (Å²) >= 11 is 0. The second-order valence-electron chi connectivity index (χ2n) is 6.83. The molecule has 1 saturated carbocycles. The summed E-state index contributed by atoms with van der Waals surface area (Å²) in [5, 5.41) is 6.99. The van der Waals surface area contributed by atoms with Gasteiger partial charge in [-0.1, -0.05) is 19.9 Å². The molecule has 0 atom stereocenters. The van der Waals surface area contributed by atoms with Gasteiger partial charge in [0, 0.05) is 37.4 Å².